The van der Waals surface area contributed by atoms with E-state index in [2.05, 4.69) is 20.9 Å². The average molecular weight is 272 g/mol. The van der Waals surface area contributed by atoms with Crippen molar-refractivity contribution in [3.05, 3.63) is 33.4 Å². The molecule has 0 aliphatic rings. The van der Waals surface area contributed by atoms with Crippen molar-refractivity contribution in [2.45, 2.75) is 0 Å². The minimum atomic E-state index is -0.130. The number of carbonyl (C=O) groups is 1. The second-order valence-corrected chi connectivity index (χ2v) is 4.30. The summed E-state index contributed by atoms with van der Waals surface area (Å²) in [5.41, 5.74) is 1.33. The van der Waals surface area contributed by atoms with Crippen LogP contribution in [-0.2, 0) is 0 Å². The molecule has 2 aromatic rings. The van der Waals surface area contributed by atoms with E-state index in [1.165, 1.54) is 0 Å². The molecule has 72 valence electrons. The maximum Gasteiger partial charge on any atom is 0.305 e. The van der Waals surface area contributed by atoms with Crippen LogP contribution >= 0.6 is 27.3 Å². The third kappa shape index (κ3) is 1.53. The number of ketones is 1. The molecule has 1 N–H and O–H groups in total. The largest absolute Gasteiger partial charge is 0.312 e. The van der Waals surface area contributed by atoms with E-state index in [1.54, 1.807) is 18.2 Å². The van der Waals surface area contributed by atoms with Gasteiger partial charge in [-0.15, -0.1) is 0 Å². The lowest BCUT2D eigenvalue weighted by Gasteiger charge is -1.97. The van der Waals surface area contributed by atoms with Crippen LogP contribution in [0.1, 0.15) is 10.4 Å². The maximum atomic E-state index is 11.5. The number of fused-ring (bicyclic) bond motifs is 1. The van der Waals surface area contributed by atoms with Gasteiger partial charge in [-0.1, -0.05) is 33.3 Å². The predicted octanol–water partition coefficient (Wildman–Crippen LogP) is 2.17. The molecule has 1 aromatic heterocycles. The number of carbonyl (C=O) groups excluding carboxylic acids is 1. The Balaban J connectivity index is 2.76. The Bertz CT molecular complexity index is 543. The number of hydrogen-bond donors (Lipinski definition) is 1. The zero-order chi connectivity index (χ0) is 10.1. The molecule has 5 heteroatoms. The van der Waals surface area contributed by atoms with Crippen LogP contribution in [0.25, 0.3) is 10.2 Å². The highest BCUT2D eigenvalue weighted by Crippen LogP contribution is 2.20. The summed E-state index contributed by atoms with van der Waals surface area (Å²) in [7, 11) is 0. The van der Waals surface area contributed by atoms with E-state index in [0.29, 0.717) is 5.56 Å². The topological polar surface area (TPSA) is 49.9 Å². The van der Waals surface area contributed by atoms with Gasteiger partial charge in [0, 0.05) is 5.56 Å². The van der Waals surface area contributed by atoms with Crippen molar-refractivity contribution in [1.29, 1.82) is 0 Å². The standard InChI is InChI=1S/C9H6BrNO2S/c10-4-7(12)5-2-1-3-6-8(5)14-9(13)11-6/h1-3H,4H2,(H,11,13). The number of aromatic nitrogens is 1. The van der Waals surface area contributed by atoms with Crippen LogP contribution in [0, 0.1) is 0 Å². The molecule has 0 saturated carbocycles. The monoisotopic (exact) mass is 271 g/mol. The number of nitrogens with one attached hydrogen (secondary N) is 1. The lowest BCUT2D eigenvalue weighted by Crippen LogP contribution is -1.99. The first-order valence-electron chi connectivity index (χ1n) is 3.93. The molecule has 0 aliphatic carbocycles. The van der Waals surface area contributed by atoms with Gasteiger partial charge in [-0.2, -0.15) is 0 Å². The highest BCUT2D eigenvalue weighted by Gasteiger charge is 2.10. The molecular formula is C9H6BrNO2S. The molecule has 0 unspecified atom stereocenters. The molecule has 0 atom stereocenters. The maximum absolute atomic E-state index is 11.5. The number of hydrogen-bond acceptors (Lipinski definition) is 3. The minimum absolute atomic E-state index is 0.00847. The van der Waals surface area contributed by atoms with Crippen LogP contribution in [0.3, 0.4) is 0 Å². The summed E-state index contributed by atoms with van der Waals surface area (Å²) in [4.78, 5) is 25.1. The van der Waals surface area contributed by atoms with Gasteiger partial charge in [0.25, 0.3) is 0 Å². The number of benzene rings is 1. The van der Waals surface area contributed by atoms with E-state index in [9.17, 15) is 9.59 Å². The van der Waals surface area contributed by atoms with Crippen molar-refractivity contribution in [3.63, 3.8) is 0 Å². The molecule has 0 amide bonds. The number of alkyl halides is 1. The molecule has 1 heterocycles. The normalized spacial score (nSPS) is 10.6. The fourth-order valence-corrected chi connectivity index (χ4v) is 2.43. The van der Waals surface area contributed by atoms with E-state index in [-0.39, 0.29) is 16.0 Å². The van der Waals surface area contributed by atoms with Crippen LogP contribution in [-0.4, -0.2) is 16.1 Å². The number of H-pyrrole nitrogens is 1. The Morgan fingerprint density at radius 2 is 2.29 bits per heavy atom. The lowest BCUT2D eigenvalue weighted by atomic mass is 10.1. The van der Waals surface area contributed by atoms with Gasteiger partial charge in [0.15, 0.2) is 5.78 Å². The minimum Gasteiger partial charge on any atom is -0.312 e. The fourth-order valence-electron chi connectivity index (χ4n) is 1.27. The van der Waals surface area contributed by atoms with Crippen LogP contribution in [0.4, 0.5) is 0 Å². The van der Waals surface area contributed by atoms with Gasteiger partial charge < -0.3 is 4.98 Å². The number of halogens is 1. The first-order chi connectivity index (χ1) is 6.72. The Labute approximate surface area is 91.9 Å². The van der Waals surface area contributed by atoms with E-state index in [4.69, 9.17) is 0 Å². The Morgan fingerprint density at radius 1 is 1.50 bits per heavy atom. The molecule has 0 saturated heterocycles. The number of thiazole rings is 1. The van der Waals surface area contributed by atoms with Crippen LogP contribution < -0.4 is 4.87 Å². The molecule has 0 radical (unpaired) electrons. The van der Waals surface area contributed by atoms with E-state index in [1.807, 2.05) is 0 Å². The third-order valence-electron chi connectivity index (χ3n) is 1.87. The van der Waals surface area contributed by atoms with Crippen molar-refractivity contribution >= 4 is 43.3 Å². The van der Waals surface area contributed by atoms with Gasteiger partial charge in [-0.05, 0) is 12.1 Å². The second-order valence-electron chi connectivity index (χ2n) is 2.75. The quantitative estimate of drug-likeness (QED) is 0.672. The Morgan fingerprint density at radius 3 is 3.00 bits per heavy atom. The summed E-state index contributed by atoms with van der Waals surface area (Å²) in [5.74, 6) is -0.00847. The van der Waals surface area contributed by atoms with Gasteiger partial charge in [0.05, 0.1) is 15.5 Å². The summed E-state index contributed by atoms with van der Waals surface area (Å²) in [5, 5.41) is 0.276. The Kier molecular flexibility index (Phi) is 2.52. The highest BCUT2D eigenvalue weighted by molar-refractivity contribution is 9.09. The first-order valence-corrected chi connectivity index (χ1v) is 5.87. The summed E-state index contributed by atoms with van der Waals surface area (Å²) in [6.45, 7) is 0. The lowest BCUT2D eigenvalue weighted by molar-refractivity contribution is 0.102. The van der Waals surface area contributed by atoms with Crippen molar-refractivity contribution in [3.8, 4) is 0 Å². The molecule has 0 fully saturated rings. The van der Waals surface area contributed by atoms with Crippen LogP contribution in [0.15, 0.2) is 23.0 Å². The Hall–Kier alpha value is -0.940. The second kappa shape index (κ2) is 3.67. The first kappa shape index (κ1) is 9.61. The highest BCUT2D eigenvalue weighted by atomic mass is 79.9. The van der Waals surface area contributed by atoms with Gasteiger partial charge in [0.1, 0.15) is 0 Å². The summed E-state index contributed by atoms with van der Waals surface area (Å²) < 4.78 is 0.738. The zero-order valence-corrected chi connectivity index (χ0v) is 9.44. The number of rotatable bonds is 2. The van der Waals surface area contributed by atoms with Crippen molar-refractivity contribution in [2.75, 3.05) is 5.33 Å². The molecule has 0 bridgehead atoms. The molecule has 14 heavy (non-hydrogen) atoms. The third-order valence-corrected chi connectivity index (χ3v) is 3.31. The van der Waals surface area contributed by atoms with E-state index in [0.717, 1.165) is 21.6 Å². The predicted molar refractivity (Wildman–Crippen MR) is 60.6 cm³/mol. The fraction of sp³-hybridized carbons (Fsp3) is 0.111. The smallest absolute Gasteiger partial charge is 0.305 e. The van der Waals surface area contributed by atoms with Crippen molar-refractivity contribution in [1.82, 2.24) is 4.98 Å². The van der Waals surface area contributed by atoms with E-state index < -0.39 is 0 Å². The van der Waals surface area contributed by atoms with Gasteiger partial charge >= 0.3 is 4.87 Å². The van der Waals surface area contributed by atoms with Crippen LogP contribution in [0.2, 0.25) is 0 Å². The van der Waals surface area contributed by atoms with Gasteiger partial charge in [-0.25, -0.2) is 0 Å². The molecule has 3 nitrogen and oxygen atoms in total. The zero-order valence-electron chi connectivity index (χ0n) is 7.04. The molecule has 0 aliphatic heterocycles. The van der Waals surface area contributed by atoms with Crippen LogP contribution in [0.5, 0.6) is 0 Å². The van der Waals surface area contributed by atoms with Crippen molar-refractivity contribution in [2.24, 2.45) is 0 Å². The summed E-state index contributed by atoms with van der Waals surface area (Å²) >= 11 is 4.18. The number of Topliss-reactive ketones (excluding diaryl/α,β-unsaturated/α-hetero) is 1. The summed E-state index contributed by atoms with van der Waals surface area (Å²) in [6.07, 6.45) is 0. The molecular weight excluding hydrogens is 266 g/mol. The van der Waals surface area contributed by atoms with Crippen molar-refractivity contribution < 1.29 is 4.79 Å². The molecule has 0 spiro atoms. The van der Waals surface area contributed by atoms with E-state index >= 15 is 0 Å². The molecule has 2 rings (SSSR count). The van der Waals surface area contributed by atoms with Gasteiger partial charge in [0.2, 0.25) is 0 Å². The SMILES string of the molecule is O=C(CBr)c1cccc2[nH]c(=O)sc12. The molecule has 1 aromatic carbocycles. The summed E-state index contributed by atoms with van der Waals surface area (Å²) in [6, 6.07) is 5.29. The average Bonchev–Trinajstić information content (AvgIpc) is 2.56. The van der Waals surface area contributed by atoms with Gasteiger partial charge in [-0.3, -0.25) is 9.59 Å². The number of aromatic amines is 1.